The van der Waals surface area contributed by atoms with E-state index in [0.29, 0.717) is 52.5 Å². The average Bonchev–Trinajstić information content (AvgIpc) is 3.00. The Labute approximate surface area is 189 Å². The Morgan fingerprint density at radius 1 is 1.29 bits per heavy atom. The quantitative estimate of drug-likeness (QED) is 0.496. The maximum Gasteiger partial charge on any atom is 0.267 e. The van der Waals surface area contributed by atoms with Gasteiger partial charge in [0.15, 0.2) is 0 Å². The number of carbonyl (C=O) groups is 1. The van der Waals surface area contributed by atoms with Crippen molar-refractivity contribution in [3.8, 4) is 0 Å². The van der Waals surface area contributed by atoms with E-state index in [1.54, 1.807) is 31.5 Å². The summed E-state index contributed by atoms with van der Waals surface area (Å²) in [5, 5.41) is 0. The van der Waals surface area contributed by atoms with Gasteiger partial charge in [-0.3, -0.25) is 18.9 Å². The third-order valence-electron chi connectivity index (χ3n) is 5.14. The Hall–Kier alpha value is -2.27. The SMILES string of the molecule is COCCN1C(=O)/C(=C/c2c(N3C[C@@H](C)O[C@H](C)C3)nc3ccccn3c2=O)SC1=S. The van der Waals surface area contributed by atoms with E-state index < -0.39 is 0 Å². The predicted octanol–water partition coefficient (Wildman–Crippen LogP) is 2.16. The third-order valence-corrected chi connectivity index (χ3v) is 6.51. The molecular formula is C21H24N4O4S2. The number of aromatic nitrogens is 2. The molecule has 2 aliphatic heterocycles. The van der Waals surface area contributed by atoms with Crippen LogP contribution < -0.4 is 10.5 Å². The molecule has 0 saturated carbocycles. The fourth-order valence-electron chi connectivity index (χ4n) is 3.82. The number of anilines is 1. The van der Waals surface area contributed by atoms with E-state index in [1.165, 1.54) is 21.1 Å². The molecule has 2 aliphatic rings. The van der Waals surface area contributed by atoms with Crippen LogP contribution in [0, 0.1) is 0 Å². The topological polar surface area (TPSA) is 76.4 Å². The molecule has 164 valence electrons. The Morgan fingerprint density at radius 2 is 2.03 bits per heavy atom. The molecular weight excluding hydrogens is 436 g/mol. The highest BCUT2D eigenvalue weighted by molar-refractivity contribution is 8.26. The molecule has 10 heteroatoms. The van der Waals surface area contributed by atoms with Crippen LogP contribution in [0.25, 0.3) is 11.7 Å². The van der Waals surface area contributed by atoms with E-state index in [2.05, 4.69) is 4.90 Å². The summed E-state index contributed by atoms with van der Waals surface area (Å²) in [5.41, 5.74) is 0.700. The molecule has 4 heterocycles. The number of carbonyl (C=O) groups excluding carboxylic acids is 1. The fourth-order valence-corrected chi connectivity index (χ4v) is 5.11. The van der Waals surface area contributed by atoms with Crippen molar-refractivity contribution < 1.29 is 14.3 Å². The minimum atomic E-state index is -0.227. The molecule has 2 aromatic heterocycles. The Kier molecular flexibility index (Phi) is 6.42. The second-order valence-electron chi connectivity index (χ2n) is 7.57. The van der Waals surface area contributed by atoms with Gasteiger partial charge in [0.05, 0.1) is 35.8 Å². The number of amides is 1. The summed E-state index contributed by atoms with van der Waals surface area (Å²) in [6.45, 7) is 5.96. The van der Waals surface area contributed by atoms with Gasteiger partial charge in [0.2, 0.25) is 0 Å². The van der Waals surface area contributed by atoms with E-state index in [-0.39, 0.29) is 23.7 Å². The molecule has 1 amide bonds. The molecule has 0 radical (unpaired) electrons. The Morgan fingerprint density at radius 3 is 2.74 bits per heavy atom. The maximum atomic E-state index is 13.4. The van der Waals surface area contributed by atoms with E-state index in [9.17, 15) is 9.59 Å². The number of hydrogen-bond acceptors (Lipinski definition) is 8. The first-order valence-electron chi connectivity index (χ1n) is 10.0. The van der Waals surface area contributed by atoms with Crippen molar-refractivity contribution in [2.45, 2.75) is 26.1 Å². The lowest BCUT2D eigenvalue weighted by atomic mass is 10.2. The molecule has 2 aromatic rings. The zero-order chi connectivity index (χ0) is 22.1. The summed E-state index contributed by atoms with van der Waals surface area (Å²) in [4.78, 5) is 35.1. The van der Waals surface area contributed by atoms with Gasteiger partial charge in [-0.1, -0.05) is 30.0 Å². The smallest absolute Gasteiger partial charge is 0.267 e. The van der Waals surface area contributed by atoms with Crippen LogP contribution in [0.15, 0.2) is 34.1 Å². The van der Waals surface area contributed by atoms with Crippen LogP contribution in [-0.4, -0.2) is 70.1 Å². The molecule has 31 heavy (non-hydrogen) atoms. The summed E-state index contributed by atoms with van der Waals surface area (Å²) in [7, 11) is 1.58. The zero-order valence-electron chi connectivity index (χ0n) is 17.6. The molecule has 0 aliphatic carbocycles. The molecule has 2 fully saturated rings. The Balaban J connectivity index is 1.82. The monoisotopic (exact) mass is 460 g/mol. The fraction of sp³-hybridized carbons (Fsp3) is 0.429. The average molecular weight is 461 g/mol. The standard InChI is InChI=1S/C21H24N4O4S2/c1-13-11-23(12-14(2)29-13)18-15(19(26)24-7-5-4-6-17(24)22-18)10-16-20(27)25(8-9-28-3)21(30)31-16/h4-7,10,13-14H,8-9,11-12H2,1-3H3/b16-10-/t13-,14-/m1/s1. The molecule has 0 bridgehead atoms. The van der Waals surface area contributed by atoms with Crippen LogP contribution in [-0.2, 0) is 14.3 Å². The first-order chi connectivity index (χ1) is 14.9. The summed E-state index contributed by atoms with van der Waals surface area (Å²) in [6.07, 6.45) is 3.31. The molecule has 8 nitrogen and oxygen atoms in total. The van der Waals surface area contributed by atoms with Gasteiger partial charge in [0.25, 0.3) is 11.5 Å². The van der Waals surface area contributed by atoms with Crippen molar-refractivity contribution in [3.63, 3.8) is 0 Å². The van der Waals surface area contributed by atoms with Crippen LogP contribution >= 0.6 is 24.0 Å². The summed E-state index contributed by atoms with van der Waals surface area (Å²) in [6, 6.07) is 5.42. The van der Waals surface area contributed by atoms with E-state index in [4.69, 9.17) is 26.7 Å². The lowest BCUT2D eigenvalue weighted by molar-refractivity contribution is -0.122. The number of morpholine rings is 1. The van der Waals surface area contributed by atoms with Gasteiger partial charge in [-0.2, -0.15) is 0 Å². The normalized spacial score (nSPS) is 23.4. The van der Waals surface area contributed by atoms with Crippen LogP contribution in [0.4, 0.5) is 5.82 Å². The van der Waals surface area contributed by atoms with Crippen LogP contribution in [0.3, 0.4) is 0 Å². The highest BCUT2D eigenvalue weighted by Gasteiger charge is 2.33. The lowest BCUT2D eigenvalue weighted by Gasteiger charge is -2.36. The van der Waals surface area contributed by atoms with Crippen molar-refractivity contribution in [3.05, 3.63) is 45.2 Å². The van der Waals surface area contributed by atoms with Crippen molar-refractivity contribution in [1.29, 1.82) is 0 Å². The first-order valence-corrected chi connectivity index (χ1v) is 11.3. The van der Waals surface area contributed by atoms with Crippen molar-refractivity contribution in [1.82, 2.24) is 14.3 Å². The molecule has 0 N–H and O–H groups in total. The van der Waals surface area contributed by atoms with Gasteiger partial charge in [-0.25, -0.2) is 4.98 Å². The molecule has 2 atom stereocenters. The van der Waals surface area contributed by atoms with Crippen LogP contribution in [0.1, 0.15) is 19.4 Å². The van der Waals surface area contributed by atoms with E-state index in [1.807, 2.05) is 19.9 Å². The lowest BCUT2D eigenvalue weighted by Crippen LogP contribution is -2.46. The number of rotatable bonds is 5. The highest BCUT2D eigenvalue weighted by Crippen LogP contribution is 2.33. The third kappa shape index (κ3) is 4.38. The number of ether oxygens (including phenoxy) is 2. The van der Waals surface area contributed by atoms with Gasteiger partial charge < -0.3 is 14.4 Å². The minimum absolute atomic E-state index is 0.000112. The van der Waals surface area contributed by atoms with Gasteiger partial charge in [-0.15, -0.1) is 0 Å². The van der Waals surface area contributed by atoms with Gasteiger partial charge in [-0.05, 0) is 32.1 Å². The van der Waals surface area contributed by atoms with Crippen LogP contribution in [0.5, 0.6) is 0 Å². The molecule has 0 unspecified atom stereocenters. The number of pyridine rings is 1. The summed E-state index contributed by atoms with van der Waals surface area (Å²) >= 11 is 6.56. The van der Waals surface area contributed by atoms with Crippen molar-refractivity contribution in [2.24, 2.45) is 0 Å². The number of hydrogen-bond donors (Lipinski definition) is 0. The Bertz CT molecular complexity index is 1110. The molecule has 0 spiro atoms. The number of thiocarbonyl (C=S) groups is 1. The molecule has 2 saturated heterocycles. The highest BCUT2D eigenvalue weighted by atomic mass is 32.2. The second kappa shape index (κ2) is 9.07. The number of thioether (sulfide) groups is 1. The largest absolute Gasteiger partial charge is 0.383 e. The number of fused-ring (bicyclic) bond motifs is 1. The maximum absolute atomic E-state index is 13.4. The van der Waals surface area contributed by atoms with E-state index in [0.717, 1.165) is 0 Å². The van der Waals surface area contributed by atoms with Gasteiger partial charge in [0, 0.05) is 26.4 Å². The number of nitrogens with zero attached hydrogens (tertiary/aromatic N) is 4. The van der Waals surface area contributed by atoms with Crippen LogP contribution in [0.2, 0.25) is 0 Å². The first kappa shape index (κ1) is 21.9. The van der Waals surface area contributed by atoms with Gasteiger partial charge in [0.1, 0.15) is 15.8 Å². The second-order valence-corrected chi connectivity index (χ2v) is 9.25. The summed E-state index contributed by atoms with van der Waals surface area (Å²) in [5.74, 6) is 0.333. The molecule has 4 rings (SSSR count). The molecule has 0 aromatic carbocycles. The van der Waals surface area contributed by atoms with Gasteiger partial charge >= 0.3 is 0 Å². The zero-order valence-corrected chi connectivity index (χ0v) is 19.2. The van der Waals surface area contributed by atoms with Crippen molar-refractivity contribution >= 4 is 51.7 Å². The minimum Gasteiger partial charge on any atom is -0.383 e. The van der Waals surface area contributed by atoms with E-state index >= 15 is 0 Å². The number of methoxy groups -OCH3 is 1. The summed E-state index contributed by atoms with van der Waals surface area (Å²) < 4.78 is 12.9. The predicted molar refractivity (Wildman–Crippen MR) is 125 cm³/mol. The van der Waals surface area contributed by atoms with Crippen molar-refractivity contribution in [2.75, 3.05) is 38.3 Å².